The molecule has 3 aromatic rings. The van der Waals surface area contributed by atoms with E-state index in [2.05, 4.69) is 5.32 Å². The second kappa shape index (κ2) is 17.2. The first-order chi connectivity index (χ1) is 28.0. The van der Waals surface area contributed by atoms with Gasteiger partial charge in [-0.1, -0.05) is 18.2 Å². The van der Waals surface area contributed by atoms with Crippen LogP contribution in [-0.2, 0) is 32.0 Å². The van der Waals surface area contributed by atoms with Gasteiger partial charge in [-0.15, -0.1) is 0 Å². The number of rotatable bonds is 11. The van der Waals surface area contributed by atoms with Gasteiger partial charge in [0.25, 0.3) is 0 Å². The summed E-state index contributed by atoms with van der Waals surface area (Å²) < 4.78 is 29.7. The lowest BCUT2D eigenvalue weighted by atomic mass is 9.71. The van der Waals surface area contributed by atoms with Crippen molar-refractivity contribution in [2.45, 2.75) is 112 Å². The highest BCUT2D eigenvalue weighted by molar-refractivity contribution is 14.1. The molecule has 4 unspecified atom stereocenters. The fourth-order valence-corrected chi connectivity index (χ4v) is 9.25. The highest BCUT2D eigenvalue weighted by Crippen LogP contribution is 2.57. The van der Waals surface area contributed by atoms with Crippen molar-refractivity contribution in [2.24, 2.45) is 0 Å². The van der Waals surface area contributed by atoms with Gasteiger partial charge in [0, 0.05) is 59.7 Å². The number of fused-ring (bicyclic) bond motifs is 3. The predicted molar refractivity (Wildman–Crippen MR) is 209 cm³/mol. The van der Waals surface area contributed by atoms with E-state index in [1.807, 2.05) is 22.6 Å². The molecule has 2 aliphatic heterocycles. The standard InChI is InChI=1S/C40H48INO17/c1-15-31(46)20(42-12-16-6-7-21(19(41)8-16)58-39-38(53)37(52)34(49)24(13-43)59-39)9-26(56-15)57-23-11-40(54,25(45)14-44)10-18-28(23)36(51)30-29(33(18)48)32(47)17-4-3-5-22(55-2)27(17)35(30)50/h3-8,15,20,23-24,26,31-32,34-35,37-39,42-44,46-54H,9-14H2,1-2H3/t15-,20-,23-,24-,26?,31+,32?,34+,35?,37-,38+,39?,40-/m0/s1. The fraction of sp³-hybridized carbons (Fsp3) is 0.525. The van der Waals surface area contributed by atoms with Crippen molar-refractivity contribution in [3.05, 3.63) is 78.9 Å². The number of hydrogen-bond donors (Lipinski definition) is 12. The molecule has 18 nitrogen and oxygen atoms in total. The summed E-state index contributed by atoms with van der Waals surface area (Å²) >= 11 is 2.01. The number of carbonyl (C=O) groups is 1. The van der Waals surface area contributed by atoms with E-state index in [9.17, 15) is 61.0 Å². The Kier molecular flexibility index (Phi) is 12.8. The second-order valence-electron chi connectivity index (χ2n) is 15.4. The zero-order chi connectivity index (χ0) is 42.7. The van der Waals surface area contributed by atoms with E-state index in [0.717, 1.165) is 5.56 Å². The normalized spacial score (nSPS) is 34.0. The van der Waals surface area contributed by atoms with E-state index < -0.39 is 122 Å². The summed E-state index contributed by atoms with van der Waals surface area (Å²) in [5, 5.41) is 123. The molecule has 0 aromatic heterocycles. The Labute approximate surface area is 351 Å². The molecule has 0 radical (unpaired) electrons. The van der Waals surface area contributed by atoms with Crippen LogP contribution in [0.15, 0.2) is 36.4 Å². The SMILES string of the molecule is COc1cccc2c1C(O)c1c(O)c3c(c(O)c1C2O)C[C@@](O)(C(=O)CO)C[C@@H]3OC1C[C@H](NCc2ccc(OC3O[C@@H](CO)[C@@H](O)[C@H](O)[C@H]3O)c(I)c2)[C@H](O)[C@H](C)O1. The number of methoxy groups -OCH3 is 1. The van der Waals surface area contributed by atoms with Crippen LogP contribution < -0.4 is 14.8 Å². The molecule has 0 bridgehead atoms. The van der Waals surface area contributed by atoms with E-state index in [0.29, 0.717) is 9.32 Å². The number of Topliss-reactive ketones (excluding diaryl/α,β-unsaturated/α-hetero) is 1. The molecule has 2 aliphatic carbocycles. The van der Waals surface area contributed by atoms with Crippen molar-refractivity contribution < 1.29 is 84.7 Å². The lowest BCUT2D eigenvalue weighted by molar-refractivity contribution is -0.277. The molecule has 19 heteroatoms. The van der Waals surface area contributed by atoms with E-state index in [1.54, 1.807) is 37.3 Å². The summed E-state index contributed by atoms with van der Waals surface area (Å²) in [6, 6.07) is 9.12. The number of aliphatic hydroxyl groups is 9. The molecule has 59 heavy (non-hydrogen) atoms. The van der Waals surface area contributed by atoms with Gasteiger partial charge >= 0.3 is 0 Å². The summed E-state index contributed by atoms with van der Waals surface area (Å²) in [5.41, 5.74) is -1.80. The molecule has 2 fully saturated rings. The molecule has 12 N–H and O–H groups in total. The van der Waals surface area contributed by atoms with Gasteiger partial charge in [-0.2, -0.15) is 0 Å². The van der Waals surface area contributed by atoms with Gasteiger partial charge in [-0.25, -0.2) is 0 Å². The molecular formula is C40H48INO17. The summed E-state index contributed by atoms with van der Waals surface area (Å²) in [5.74, 6) is -1.60. The first-order valence-corrected chi connectivity index (χ1v) is 20.1. The molecule has 0 amide bonds. The number of benzene rings is 3. The maximum absolute atomic E-state index is 13.0. The summed E-state index contributed by atoms with van der Waals surface area (Å²) in [6.45, 7) is 0.189. The fourth-order valence-electron chi connectivity index (χ4n) is 8.54. The molecule has 4 aliphatic rings. The van der Waals surface area contributed by atoms with E-state index >= 15 is 0 Å². The first kappa shape index (κ1) is 43.8. The van der Waals surface area contributed by atoms with Crippen LogP contribution in [0.2, 0.25) is 0 Å². The van der Waals surface area contributed by atoms with Crippen LogP contribution in [0.4, 0.5) is 0 Å². The molecule has 2 saturated heterocycles. The van der Waals surface area contributed by atoms with Crippen LogP contribution in [0.25, 0.3) is 0 Å². The number of ether oxygens (including phenoxy) is 5. The number of phenols is 2. The topological polar surface area (TPSA) is 298 Å². The van der Waals surface area contributed by atoms with E-state index in [1.165, 1.54) is 13.2 Å². The predicted octanol–water partition coefficient (Wildman–Crippen LogP) is -0.683. The molecule has 13 atom stereocenters. The Bertz CT molecular complexity index is 2050. The molecule has 0 spiro atoms. The molecule has 2 heterocycles. The number of halogens is 1. The zero-order valence-electron chi connectivity index (χ0n) is 31.9. The Morgan fingerprint density at radius 2 is 1.63 bits per heavy atom. The Morgan fingerprint density at radius 3 is 2.31 bits per heavy atom. The van der Waals surface area contributed by atoms with Crippen molar-refractivity contribution in [1.82, 2.24) is 5.32 Å². The zero-order valence-corrected chi connectivity index (χ0v) is 34.0. The highest BCUT2D eigenvalue weighted by atomic mass is 127. The van der Waals surface area contributed by atoms with Crippen molar-refractivity contribution in [1.29, 1.82) is 0 Å². The van der Waals surface area contributed by atoms with Crippen LogP contribution in [0.5, 0.6) is 23.0 Å². The van der Waals surface area contributed by atoms with Gasteiger partial charge in [0.2, 0.25) is 6.29 Å². The minimum absolute atomic E-state index is 0.0166. The minimum atomic E-state index is -2.28. The third-order valence-electron chi connectivity index (χ3n) is 11.8. The molecule has 3 aromatic carbocycles. The number of aromatic hydroxyl groups is 2. The summed E-state index contributed by atoms with van der Waals surface area (Å²) in [6.07, 6.45) is -15.8. The number of hydrogen-bond acceptors (Lipinski definition) is 18. The van der Waals surface area contributed by atoms with Crippen molar-refractivity contribution in [2.75, 3.05) is 20.3 Å². The summed E-state index contributed by atoms with van der Waals surface area (Å²) in [4.78, 5) is 13.0. The Morgan fingerprint density at radius 1 is 0.898 bits per heavy atom. The van der Waals surface area contributed by atoms with Crippen LogP contribution in [0.1, 0.15) is 77.0 Å². The third kappa shape index (κ3) is 7.91. The van der Waals surface area contributed by atoms with Crippen LogP contribution >= 0.6 is 22.6 Å². The van der Waals surface area contributed by atoms with Gasteiger partial charge in [-0.3, -0.25) is 4.79 Å². The molecule has 0 saturated carbocycles. The number of phenolic OH excluding ortho intramolecular Hbond substituents is 2. The van der Waals surface area contributed by atoms with Crippen molar-refractivity contribution >= 4 is 28.4 Å². The monoisotopic (exact) mass is 941 g/mol. The number of nitrogens with one attached hydrogen (secondary N) is 1. The van der Waals surface area contributed by atoms with Crippen molar-refractivity contribution in [3.63, 3.8) is 0 Å². The third-order valence-corrected chi connectivity index (χ3v) is 12.6. The second-order valence-corrected chi connectivity index (χ2v) is 16.5. The average Bonchev–Trinajstić information content (AvgIpc) is 3.21. The van der Waals surface area contributed by atoms with Gasteiger partial charge < -0.3 is 85.2 Å². The largest absolute Gasteiger partial charge is 0.507 e. The number of aliphatic hydroxyl groups excluding tert-OH is 8. The maximum Gasteiger partial charge on any atom is 0.229 e. The van der Waals surface area contributed by atoms with Gasteiger partial charge in [0.15, 0.2) is 12.1 Å². The molecule has 7 rings (SSSR count). The van der Waals surface area contributed by atoms with Crippen LogP contribution in [0.3, 0.4) is 0 Å². The highest BCUT2D eigenvalue weighted by Gasteiger charge is 2.50. The first-order valence-electron chi connectivity index (χ1n) is 19.0. The number of carbonyl (C=O) groups excluding carboxylic acids is 1. The average molecular weight is 942 g/mol. The summed E-state index contributed by atoms with van der Waals surface area (Å²) in [7, 11) is 1.38. The smallest absolute Gasteiger partial charge is 0.229 e. The van der Waals surface area contributed by atoms with Gasteiger partial charge in [-0.05, 0) is 58.8 Å². The molecular weight excluding hydrogens is 893 g/mol. The van der Waals surface area contributed by atoms with Gasteiger partial charge in [0.1, 0.15) is 71.8 Å². The van der Waals surface area contributed by atoms with Crippen LogP contribution in [0, 0.1) is 3.57 Å². The lowest BCUT2D eigenvalue weighted by Gasteiger charge is -2.43. The maximum atomic E-state index is 13.0. The van der Waals surface area contributed by atoms with E-state index in [-0.39, 0.29) is 52.1 Å². The quantitative estimate of drug-likeness (QED) is 0.0837. The van der Waals surface area contributed by atoms with E-state index in [4.69, 9.17) is 23.7 Å². The minimum Gasteiger partial charge on any atom is -0.507 e. The molecule has 322 valence electrons. The van der Waals surface area contributed by atoms with Gasteiger partial charge in [0.05, 0.1) is 35.6 Å². The Balaban J connectivity index is 1.12. The Hall–Kier alpha value is -3.26. The number of ketones is 1. The van der Waals surface area contributed by atoms with Crippen molar-refractivity contribution in [3.8, 4) is 23.0 Å². The van der Waals surface area contributed by atoms with Crippen LogP contribution in [-0.4, -0.2) is 143 Å². The lowest BCUT2D eigenvalue weighted by Crippen LogP contribution is -2.60.